The summed E-state index contributed by atoms with van der Waals surface area (Å²) < 4.78 is 10.5. The molecule has 0 spiro atoms. The number of rotatable bonds is 6. The smallest absolute Gasteiger partial charge is 0.0807 e. The molecule has 68 valence electrons. The molecular weight excluding hydrogens is 140 g/mol. The van der Waals surface area contributed by atoms with Crippen LogP contribution in [0.3, 0.4) is 0 Å². The van der Waals surface area contributed by atoms with Gasteiger partial charge in [0.05, 0.1) is 12.7 Å². The molecule has 0 radical (unpaired) electrons. The van der Waals surface area contributed by atoms with Gasteiger partial charge >= 0.3 is 0 Å². The third-order valence-electron chi connectivity index (χ3n) is 1.58. The summed E-state index contributed by atoms with van der Waals surface area (Å²) in [6.45, 7) is 7.89. The molecule has 2 heteroatoms. The van der Waals surface area contributed by atoms with Gasteiger partial charge in [0.2, 0.25) is 0 Å². The van der Waals surface area contributed by atoms with E-state index in [0.717, 1.165) is 19.6 Å². The Morgan fingerprint density at radius 3 is 2.27 bits per heavy atom. The summed E-state index contributed by atoms with van der Waals surface area (Å²) >= 11 is 0. The van der Waals surface area contributed by atoms with Gasteiger partial charge in [0.25, 0.3) is 0 Å². The Morgan fingerprint density at radius 2 is 1.91 bits per heavy atom. The second-order valence-corrected chi connectivity index (χ2v) is 3.15. The summed E-state index contributed by atoms with van der Waals surface area (Å²) in [7, 11) is 1.74. The molecule has 2 nitrogen and oxygen atoms in total. The normalized spacial score (nSPS) is 13.9. The fraction of sp³-hybridized carbons (Fsp3) is 1.00. The van der Waals surface area contributed by atoms with Gasteiger partial charge in [-0.25, -0.2) is 0 Å². The average Bonchev–Trinajstić information content (AvgIpc) is 1.97. The molecule has 0 aliphatic carbocycles. The number of hydrogen-bond donors (Lipinski definition) is 0. The maximum atomic E-state index is 5.26. The minimum absolute atomic E-state index is 0.273. The van der Waals surface area contributed by atoms with Gasteiger partial charge in [-0.15, -0.1) is 0 Å². The lowest BCUT2D eigenvalue weighted by molar-refractivity contribution is 0.00227. The maximum Gasteiger partial charge on any atom is 0.0807 e. The predicted octanol–water partition coefficient (Wildman–Crippen LogP) is 2.08. The van der Waals surface area contributed by atoms with E-state index in [0.29, 0.717) is 5.92 Å². The summed E-state index contributed by atoms with van der Waals surface area (Å²) in [5.74, 6) is 0.681. The minimum atomic E-state index is 0.273. The molecule has 0 N–H and O–H groups in total. The average molecular weight is 160 g/mol. The second kappa shape index (κ2) is 6.62. The molecule has 0 aromatic rings. The largest absolute Gasteiger partial charge is 0.379 e. The first-order valence-corrected chi connectivity index (χ1v) is 4.31. The Morgan fingerprint density at radius 1 is 1.27 bits per heavy atom. The van der Waals surface area contributed by atoms with E-state index in [1.165, 1.54) is 0 Å². The zero-order valence-electron chi connectivity index (χ0n) is 8.09. The number of ether oxygens (including phenoxy) is 2. The molecule has 0 fully saturated rings. The van der Waals surface area contributed by atoms with Crippen molar-refractivity contribution in [2.75, 3.05) is 20.3 Å². The topological polar surface area (TPSA) is 18.5 Å². The van der Waals surface area contributed by atoms with Crippen molar-refractivity contribution in [3.8, 4) is 0 Å². The summed E-state index contributed by atoms with van der Waals surface area (Å²) in [6.07, 6.45) is 1.35. The van der Waals surface area contributed by atoms with Gasteiger partial charge in [0.15, 0.2) is 0 Å². The molecule has 0 saturated carbocycles. The Labute approximate surface area is 69.9 Å². The van der Waals surface area contributed by atoms with Crippen LogP contribution in [-0.4, -0.2) is 26.4 Å². The lowest BCUT2D eigenvalue weighted by atomic mass is 10.1. The highest BCUT2D eigenvalue weighted by molar-refractivity contribution is 4.58. The van der Waals surface area contributed by atoms with Crippen molar-refractivity contribution in [1.29, 1.82) is 0 Å². The van der Waals surface area contributed by atoms with Crippen molar-refractivity contribution < 1.29 is 9.47 Å². The molecule has 1 atom stereocenters. The fourth-order valence-corrected chi connectivity index (χ4v) is 1.01. The van der Waals surface area contributed by atoms with E-state index >= 15 is 0 Å². The quantitative estimate of drug-likeness (QED) is 0.592. The van der Waals surface area contributed by atoms with Gasteiger partial charge in [-0.3, -0.25) is 0 Å². The monoisotopic (exact) mass is 160 g/mol. The van der Waals surface area contributed by atoms with Crippen LogP contribution >= 0.6 is 0 Å². The van der Waals surface area contributed by atoms with Gasteiger partial charge < -0.3 is 9.47 Å². The van der Waals surface area contributed by atoms with Crippen molar-refractivity contribution in [3.05, 3.63) is 0 Å². The van der Waals surface area contributed by atoms with Crippen LogP contribution in [0.1, 0.15) is 27.2 Å². The van der Waals surface area contributed by atoms with Gasteiger partial charge in [-0.2, -0.15) is 0 Å². The highest BCUT2D eigenvalue weighted by atomic mass is 16.5. The lowest BCUT2D eigenvalue weighted by Crippen LogP contribution is -2.20. The van der Waals surface area contributed by atoms with Crippen molar-refractivity contribution >= 4 is 0 Å². The molecule has 0 aromatic heterocycles. The summed E-state index contributed by atoms with van der Waals surface area (Å²) in [4.78, 5) is 0. The summed E-state index contributed by atoms with van der Waals surface area (Å²) in [5.41, 5.74) is 0. The van der Waals surface area contributed by atoms with Crippen LogP contribution in [0.5, 0.6) is 0 Å². The third-order valence-corrected chi connectivity index (χ3v) is 1.58. The standard InChI is InChI=1S/C9H20O2/c1-5-11-7-9(10-4)6-8(2)3/h8-9H,5-7H2,1-4H3. The third kappa shape index (κ3) is 6.32. The van der Waals surface area contributed by atoms with Crippen molar-refractivity contribution in [2.45, 2.75) is 33.3 Å². The van der Waals surface area contributed by atoms with Gasteiger partial charge in [0, 0.05) is 13.7 Å². The number of hydrogen-bond acceptors (Lipinski definition) is 2. The molecule has 1 unspecified atom stereocenters. The molecule has 0 heterocycles. The molecule has 0 aliphatic rings. The van der Waals surface area contributed by atoms with Gasteiger partial charge in [-0.05, 0) is 19.3 Å². The van der Waals surface area contributed by atoms with Crippen LogP contribution in [0, 0.1) is 5.92 Å². The van der Waals surface area contributed by atoms with E-state index in [4.69, 9.17) is 9.47 Å². The van der Waals surface area contributed by atoms with Crippen LogP contribution < -0.4 is 0 Å². The van der Waals surface area contributed by atoms with Gasteiger partial charge in [-0.1, -0.05) is 13.8 Å². The zero-order valence-corrected chi connectivity index (χ0v) is 8.09. The Bertz CT molecular complexity index is 81.6. The highest BCUT2D eigenvalue weighted by Crippen LogP contribution is 2.07. The first-order chi connectivity index (χ1) is 5.20. The second-order valence-electron chi connectivity index (χ2n) is 3.15. The molecule has 11 heavy (non-hydrogen) atoms. The van der Waals surface area contributed by atoms with Crippen LogP contribution in [0.2, 0.25) is 0 Å². The lowest BCUT2D eigenvalue weighted by Gasteiger charge is -2.16. The van der Waals surface area contributed by atoms with Crippen LogP contribution in [0.25, 0.3) is 0 Å². The minimum Gasteiger partial charge on any atom is -0.379 e. The molecule has 0 rings (SSSR count). The fourth-order valence-electron chi connectivity index (χ4n) is 1.01. The Balaban J connectivity index is 3.41. The predicted molar refractivity (Wildman–Crippen MR) is 46.7 cm³/mol. The van der Waals surface area contributed by atoms with E-state index in [-0.39, 0.29) is 6.10 Å². The molecule has 0 bridgehead atoms. The van der Waals surface area contributed by atoms with Crippen LogP contribution in [-0.2, 0) is 9.47 Å². The Kier molecular flexibility index (Phi) is 6.57. The maximum absolute atomic E-state index is 5.26. The molecule has 0 aliphatic heterocycles. The first-order valence-electron chi connectivity index (χ1n) is 4.31. The SMILES string of the molecule is CCOCC(CC(C)C)OC. The van der Waals surface area contributed by atoms with E-state index < -0.39 is 0 Å². The van der Waals surface area contributed by atoms with E-state index in [1.807, 2.05) is 6.92 Å². The highest BCUT2D eigenvalue weighted by Gasteiger charge is 2.08. The van der Waals surface area contributed by atoms with Gasteiger partial charge in [0.1, 0.15) is 0 Å². The Hall–Kier alpha value is -0.0800. The van der Waals surface area contributed by atoms with Crippen molar-refractivity contribution in [1.82, 2.24) is 0 Å². The first kappa shape index (κ1) is 10.9. The summed E-state index contributed by atoms with van der Waals surface area (Å²) in [6, 6.07) is 0. The molecule has 0 amide bonds. The van der Waals surface area contributed by atoms with E-state index in [2.05, 4.69) is 13.8 Å². The number of methoxy groups -OCH3 is 1. The van der Waals surface area contributed by atoms with Crippen molar-refractivity contribution in [2.24, 2.45) is 5.92 Å². The van der Waals surface area contributed by atoms with E-state index in [1.54, 1.807) is 7.11 Å². The van der Waals surface area contributed by atoms with Crippen molar-refractivity contribution in [3.63, 3.8) is 0 Å². The summed E-state index contributed by atoms with van der Waals surface area (Å²) in [5, 5.41) is 0. The van der Waals surface area contributed by atoms with Crippen LogP contribution in [0.4, 0.5) is 0 Å². The molecule has 0 aromatic carbocycles. The molecular formula is C9H20O2. The molecule has 0 saturated heterocycles. The zero-order chi connectivity index (χ0) is 8.69. The van der Waals surface area contributed by atoms with E-state index in [9.17, 15) is 0 Å². The van der Waals surface area contributed by atoms with Crippen LogP contribution in [0.15, 0.2) is 0 Å².